The van der Waals surface area contributed by atoms with Gasteiger partial charge in [-0.2, -0.15) is 4.94 Å². The third kappa shape index (κ3) is 3.08. The predicted octanol–water partition coefficient (Wildman–Crippen LogP) is 3.23. The molecule has 0 saturated heterocycles. The monoisotopic (exact) mass is 346 g/mol. The summed E-state index contributed by atoms with van der Waals surface area (Å²) in [5.41, 5.74) is 3.34. The number of pyridine rings is 2. The van der Waals surface area contributed by atoms with Crippen LogP contribution >= 0.6 is 0 Å². The summed E-state index contributed by atoms with van der Waals surface area (Å²) in [7, 11) is 5.12. The highest BCUT2D eigenvalue weighted by Crippen LogP contribution is 2.39. The summed E-state index contributed by atoms with van der Waals surface area (Å²) >= 11 is 0. The van der Waals surface area contributed by atoms with Crippen molar-refractivity contribution in [3.05, 3.63) is 30.1 Å². The van der Waals surface area contributed by atoms with Crippen LogP contribution in [0, 0.1) is 6.92 Å². The molecule has 1 N–H and O–H groups in total. The Morgan fingerprint density at radius 3 is 2.68 bits per heavy atom. The molecule has 0 aliphatic rings. The Morgan fingerprint density at radius 2 is 2.00 bits per heavy atom. The number of halogens is 1. The molecular weight excluding hydrogens is 327 g/mol. The number of hydrogen-bond acceptors (Lipinski definition) is 6. The minimum atomic E-state index is -0.262. The Morgan fingerprint density at radius 1 is 1.20 bits per heavy atom. The predicted molar refractivity (Wildman–Crippen MR) is 92.5 cm³/mol. The highest BCUT2D eigenvalue weighted by molar-refractivity contribution is 5.90. The zero-order valence-corrected chi connectivity index (χ0v) is 14.5. The summed E-state index contributed by atoms with van der Waals surface area (Å²) in [4.78, 5) is 12.2. The molecule has 0 unspecified atom stereocenters. The molecule has 3 rings (SSSR count). The van der Waals surface area contributed by atoms with Crippen LogP contribution in [0.2, 0.25) is 0 Å². The molecule has 0 aliphatic carbocycles. The molecular formula is C17H19FN4O3. The molecule has 0 atom stereocenters. The van der Waals surface area contributed by atoms with Gasteiger partial charge >= 0.3 is 0 Å². The molecule has 7 nitrogen and oxygen atoms in total. The molecule has 0 fully saturated rings. The number of hydrogen-bond donors (Lipinski definition) is 1. The SMILES string of the molecule is COc1cc(C)nc(OC)c1-c1cc2cc(NCOF)ncc2n1C. The highest BCUT2D eigenvalue weighted by atomic mass is 19.3. The highest BCUT2D eigenvalue weighted by Gasteiger charge is 2.19. The number of anilines is 1. The Hall–Kier alpha value is -2.87. The summed E-state index contributed by atoms with van der Waals surface area (Å²) in [6, 6.07) is 5.66. The first-order valence-electron chi connectivity index (χ1n) is 7.62. The Labute approximate surface area is 144 Å². The minimum absolute atomic E-state index is 0.262. The molecule has 8 heteroatoms. The Bertz CT molecular complexity index is 885. The van der Waals surface area contributed by atoms with Crippen LogP contribution in [-0.4, -0.2) is 35.5 Å². The van der Waals surface area contributed by atoms with Crippen LogP contribution in [0.15, 0.2) is 24.4 Å². The number of nitrogens with one attached hydrogen (secondary N) is 1. The number of nitrogens with zero attached hydrogens (tertiary/aromatic N) is 3. The average molecular weight is 346 g/mol. The quantitative estimate of drug-likeness (QED) is 0.691. The third-order valence-corrected chi connectivity index (χ3v) is 3.98. The van der Waals surface area contributed by atoms with Crippen molar-refractivity contribution in [3.63, 3.8) is 0 Å². The van der Waals surface area contributed by atoms with Gasteiger partial charge in [-0.15, -0.1) is 0 Å². The van der Waals surface area contributed by atoms with Crippen molar-refractivity contribution in [3.8, 4) is 22.9 Å². The van der Waals surface area contributed by atoms with Crippen LogP contribution in [0.5, 0.6) is 11.6 Å². The van der Waals surface area contributed by atoms with Crippen molar-refractivity contribution >= 4 is 16.7 Å². The molecule has 3 aromatic heterocycles. The van der Waals surface area contributed by atoms with Crippen molar-refractivity contribution in [2.24, 2.45) is 7.05 Å². The second-order valence-corrected chi connectivity index (χ2v) is 5.50. The standard InChI is InChI=1S/C17H19FN4O3/c1-10-5-14(23-3)16(17(21-10)24-4)12-6-11-7-15(20-9-25-18)19-8-13(11)22(12)2/h5-8H,9H2,1-4H3,(H,19,20). The van der Waals surface area contributed by atoms with E-state index < -0.39 is 0 Å². The fraction of sp³-hybridized carbons (Fsp3) is 0.294. The molecule has 0 bridgehead atoms. The number of fused-ring (bicyclic) bond motifs is 1. The van der Waals surface area contributed by atoms with Gasteiger partial charge in [0.15, 0.2) is 6.73 Å². The van der Waals surface area contributed by atoms with E-state index in [9.17, 15) is 4.53 Å². The van der Waals surface area contributed by atoms with Crippen molar-refractivity contribution in [2.45, 2.75) is 6.92 Å². The lowest BCUT2D eigenvalue weighted by Crippen LogP contribution is -2.03. The normalized spacial score (nSPS) is 10.9. The van der Waals surface area contributed by atoms with Crippen LogP contribution in [0.1, 0.15) is 5.69 Å². The first-order valence-corrected chi connectivity index (χ1v) is 7.62. The fourth-order valence-electron chi connectivity index (χ4n) is 2.83. The first-order chi connectivity index (χ1) is 12.1. The molecule has 3 aromatic rings. The van der Waals surface area contributed by atoms with Crippen molar-refractivity contribution in [1.82, 2.24) is 14.5 Å². The summed E-state index contributed by atoms with van der Waals surface area (Å²) in [6.45, 7) is 1.62. The zero-order valence-electron chi connectivity index (χ0n) is 14.5. The van der Waals surface area contributed by atoms with Gasteiger partial charge in [0.05, 0.1) is 31.6 Å². The van der Waals surface area contributed by atoms with E-state index in [1.54, 1.807) is 20.4 Å². The maximum absolute atomic E-state index is 11.9. The van der Waals surface area contributed by atoms with Crippen LogP contribution in [0.4, 0.5) is 10.3 Å². The first kappa shape index (κ1) is 17.0. The molecule has 25 heavy (non-hydrogen) atoms. The summed E-state index contributed by atoms with van der Waals surface area (Å²) in [5.74, 6) is 1.68. The van der Waals surface area contributed by atoms with Gasteiger partial charge in [-0.05, 0) is 23.6 Å². The second-order valence-electron chi connectivity index (χ2n) is 5.50. The van der Waals surface area contributed by atoms with Gasteiger partial charge in [0.1, 0.15) is 17.1 Å². The van der Waals surface area contributed by atoms with Crippen molar-refractivity contribution in [2.75, 3.05) is 26.3 Å². The molecule has 0 aliphatic heterocycles. The average Bonchev–Trinajstić information content (AvgIpc) is 2.94. The van der Waals surface area contributed by atoms with Crippen LogP contribution in [-0.2, 0) is 12.0 Å². The van der Waals surface area contributed by atoms with Crippen molar-refractivity contribution < 1.29 is 18.9 Å². The van der Waals surface area contributed by atoms with E-state index in [0.717, 1.165) is 27.9 Å². The molecule has 132 valence electrons. The fourth-order valence-corrected chi connectivity index (χ4v) is 2.83. The summed E-state index contributed by atoms with van der Waals surface area (Å²) in [5, 5.41) is 3.66. The van der Waals surface area contributed by atoms with Crippen LogP contribution in [0.25, 0.3) is 22.2 Å². The summed E-state index contributed by atoms with van der Waals surface area (Å²) in [6.07, 6.45) is 1.71. The number of methoxy groups -OCH3 is 2. The molecule has 0 radical (unpaired) electrons. The number of aromatic nitrogens is 3. The largest absolute Gasteiger partial charge is 0.496 e. The maximum Gasteiger partial charge on any atom is 0.226 e. The van der Waals surface area contributed by atoms with Gasteiger partial charge < -0.3 is 19.4 Å². The van der Waals surface area contributed by atoms with Gasteiger partial charge in [-0.1, -0.05) is 0 Å². The topological polar surface area (TPSA) is 70.4 Å². The van der Waals surface area contributed by atoms with Gasteiger partial charge in [0, 0.05) is 24.2 Å². The van der Waals surface area contributed by atoms with Crippen LogP contribution in [0.3, 0.4) is 0 Å². The van der Waals surface area contributed by atoms with E-state index in [4.69, 9.17) is 9.47 Å². The van der Waals surface area contributed by atoms with E-state index in [-0.39, 0.29) is 6.73 Å². The Balaban J connectivity index is 2.18. The molecule has 0 spiro atoms. The van der Waals surface area contributed by atoms with E-state index in [1.807, 2.05) is 36.7 Å². The number of ether oxygens (including phenoxy) is 2. The molecule has 0 saturated carbocycles. The van der Waals surface area contributed by atoms with Gasteiger partial charge in [0.25, 0.3) is 0 Å². The van der Waals surface area contributed by atoms with E-state index in [2.05, 4.69) is 20.2 Å². The minimum Gasteiger partial charge on any atom is -0.496 e. The number of aryl methyl sites for hydroxylation is 2. The molecule has 3 heterocycles. The second kappa shape index (κ2) is 6.94. The van der Waals surface area contributed by atoms with E-state index >= 15 is 0 Å². The van der Waals surface area contributed by atoms with Crippen molar-refractivity contribution in [1.29, 1.82) is 0 Å². The molecule has 0 aromatic carbocycles. The van der Waals surface area contributed by atoms with Gasteiger partial charge in [-0.25, -0.2) is 9.97 Å². The number of rotatable bonds is 6. The van der Waals surface area contributed by atoms with Gasteiger partial charge in [0.2, 0.25) is 5.88 Å². The third-order valence-electron chi connectivity index (χ3n) is 3.98. The Kier molecular flexibility index (Phi) is 4.71. The molecule has 0 amide bonds. The van der Waals surface area contributed by atoms with Gasteiger partial charge in [-0.3, -0.25) is 0 Å². The van der Waals surface area contributed by atoms with E-state index in [1.165, 1.54) is 0 Å². The lowest BCUT2D eigenvalue weighted by molar-refractivity contribution is -0.123. The van der Waals surface area contributed by atoms with E-state index in [0.29, 0.717) is 17.4 Å². The lowest BCUT2D eigenvalue weighted by Gasteiger charge is -2.14. The van der Waals surface area contributed by atoms with Crippen LogP contribution < -0.4 is 14.8 Å². The lowest BCUT2D eigenvalue weighted by atomic mass is 10.1. The zero-order chi connectivity index (χ0) is 18.0. The maximum atomic E-state index is 11.9. The smallest absolute Gasteiger partial charge is 0.226 e. The summed E-state index contributed by atoms with van der Waals surface area (Å²) < 4.78 is 24.8.